The van der Waals surface area contributed by atoms with Crippen molar-refractivity contribution in [2.75, 3.05) is 0 Å². The fourth-order valence-corrected chi connectivity index (χ4v) is 6.88. The lowest BCUT2D eigenvalue weighted by atomic mass is 9.39. The van der Waals surface area contributed by atoms with Gasteiger partial charge in [0.15, 0.2) is 0 Å². The Kier molecular flexibility index (Phi) is 2.89. The molecule has 0 aromatic rings. The normalized spacial score (nSPS) is 55.4. The molecule has 0 aromatic heterocycles. The minimum Gasteiger partial charge on any atom is -0.199 e. The summed E-state index contributed by atoms with van der Waals surface area (Å²) in [5, 5.41) is 0. The number of halogens is 5. The van der Waals surface area contributed by atoms with Gasteiger partial charge in [-0.15, -0.1) is 0 Å². The van der Waals surface area contributed by atoms with E-state index in [1.807, 2.05) is 0 Å². The van der Waals surface area contributed by atoms with Crippen molar-refractivity contribution in [2.45, 2.75) is 87.3 Å². The molecule has 6 fully saturated rings. The molecule has 0 nitrogen and oxygen atoms in total. The van der Waals surface area contributed by atoms with Crippen molar-refractivity contribution in [1.82, 2.24) is 0 Å². The van der Waals surface area contributed by atoms with E-state index in [-0.39, 0.29) is 31.1 Å². The van der Waals surface area contributed by atoms with Gasteiger partial charge in [-0.05, 0) is 75.0 Å². The molecule has 6 rings (SSSR count). The molecule has 0 unspecified atom stereocenters. The molecule has 0 saturated heterocycles. The highest BCUT2D eigenvalue weighted by molar-refractivity contribution is 9.10. The Morgan fingerprint density at radius 3 is 1.55 bits per heavy atom. The highest BCUT2D eigenvalue weighted by atomic mass is 79.9. The Bertz CT molecular complexity index is 480. The van der Waals surface area contributed by atoms with Crippen LogP contribution in [0.5, 0.6) is 0 Å². The maximum absolute atomic E-state index is 15.1. The predicted octanol–water partition coefficient (Wildman–Crippen LogP) is 6.33. The SMILES string of the molecule is CC12CCC(C34CCC(Br)(CC3)C(F)(F)C4(F)F)(CC1)CC2. The van der Waals surface area contributed by atoms with Crippen LogP contribution in [0.3, 0.4) is 0 Å². The molecule has 0 N–H and O–H groups in total. The molecule has 0 aromatic carbocycles. The van der Waals surface area contributed by atoms with Gasteiger partial charge in [-0.1, -0.05) is 22.9 Å². The molecule has 6 saturated carbocycles. The van der Waals surface area contributed by atoms with Crippen LogP contribution in [0.25, 0.3) is 0 Å². The zero-order chi connectivity index (χ0) is 16.1. The molecule has 5 heteroatoms. The molecule has 0 spiro atoms. The van der Waals surface area contributed by atoms with Gasteiger partial charge in [0.05, 0.1) is 4.32 Å². The molecule has 22 heavy (non-hydrogen) atoms. The van der Waals surface area contributed by atoms with Gasteiger partial charge in [0, 0.05) is 5.41 Å². The minimum atomic E-state index is -3.94. The predicted molar refractivity (Wildman–Crippen MR) is 80.7 cm³/mol. The van der Waals surface area contributed by atoms with E-state index in [0.29, 0.717) is 19.3 Å². The molecular formula is C17H23BrF4. The van der Waals surface area contributed by atoms with Crippen molar-refractivity contribution in [3.05, 3.63) is 0 Å². The van der Waals surface area contributed by atoms with Gasteiger partial charge in [0.25, 0.3) is 0 Å². The first-order chi connectivity index (χ1) is 10.0. The van der Waals surface area contributed by atoms with Crippen LogP contribution in [0.4, 0.5) is 17.6 Å². The van der Waals surface area contributed by atoms with Crippen molar-refractivity contribution in [3.63, 3.8) is 0 Å². The van der Waals surface area contributed by atoms with E-state index >= 15 is 8.78 Å². The molecular weight excluding hydrogens is 360 g/mol. The molecule has 4 bridgehead atoms. The van der Waals surface area contributed by atoms with E-state index in [1.54, 1.807) is 0 Å². The van der Waals surface area contributed by atoms with E-state index < -0.39 is 27.0 Å². The fraction of sp³-hybridized carbons (Fsp3) is 1.00. The van der Waals surface area contributed by atoms with Crippen LogP contribution in [0.2, 0.25) is 0 Å². The zero-order valence-electron chi connectivity index (χ0n) is 13.0. The smallest absolute Gasteiger partial charge is 0.199 e. The molecule has 0 radical (unpaired) electrons. The van der Waals surface area contributed by atoms with E-state index in [4.69, 9.17) is 0 Å². The van der Waals surface area contributed by atoms with Crippen LogP contribution in [0, 0.1) is 16.2 Å². The second kappa shape index (κ2) is 4.05. The van der Waals surface area contributed by atoms with E-state index in [2.05, 4.69) is 22.9 Å². The molecule has 6 aliphatic rings. The topological polar surface area (TPSA) is 0 Å². The summed E-state index contributed by atoms with van der Waals surface area (Å²) in [6.07, 6.45) is 5.76. The summed E-state index contributed by atoms with van der Waals surface area (Å²) in [6, 6.07) is 0. The van der Waals surface area contributed by atoms with Gasteiger partial charge in [0.1, 0.15) is 0 Å². The second-order valence-corrected chi connectivity index (χ2v) is 10.3. The van der Waals surface area contributed by atoms with Crippen molar-refractivity contribution in [1.29, 1.82) is 0 Å². The van der Waals surface area contributed by atoms with Crippen molar-refractivity contribution in [2.24, 2.45) is 16.2 Å². The third-order valence-electron chi connectivity index (χ3n) is 8.09. The largest absolute Gasteiger partial charge is 0.325 e. The van der Waals surface area contributed by atoms with Crippen LogP contribution in [0.1, 0.15) is 71.1 Å². The van der Waals surface area contributed by atoms with Gasteiger partial charge in [-0.25, -0.2) is 0 Å². The maximum atomic E-state index is 15.1. The molecule has 6 aliphatic carbocycles. The van der Waals surface area contributed by atoms with Gasteiger partial charge >= 0.3 is 11.8 Å². The number of fused-ring (bicyclic) bond motifs is 6. The highest BCUT2D eigenvalue weighted by Gasteiger charge is 2.84. The fourth-order valence-electron chi connectivity index (χ4n) is 6.24. The van der Waals surface area contributed by atoms with Crippen LogP contribution in [-0.4, -0.2) is 16.2 Å². The minimum absolute atomic E-state index is 0.175. The molecule has 0 heterocycles. The second-order valence-electron chi connectivity index (χ2n) is 8.79. The Hall–Kier alpha value is 0.200. The number of alkyl halides is 5. The van der Waals surface area contributed by atoms with Gasteiger partial charge in [0.2, 0.25) is 0 Å². The summed E-state index contributed by atoms with van der Waals surface area (Å²) in [4.78, 5) is 0. The van der Waals surface area contributed by atoms with E-state index in [0.717, 1.165) is 19.3 Å². The Morgan fingerprint density at radius 2 is 1.09 bits per heavy atom. The van der Waals surface area contributed by atoms with E-state index in [9.17, 15) is 8.78 Å². The first-order valence-electron chi connectivity index (χ1n) is 8.48. The number of hydrogen-bond acceptors (Lipinski definition) is 0. The van der Waals surface area contributed by atoms with Crippen molar-refractivity contribution >= 4 is 15.9 Å². The lowest BCUT2D eigenvalue weighted by Crippen LogP contribution is -2.75. The highest BCUT2D eigenvalue weighted by Crippen LogP contribution is 2.78. The maximum Gasteiger partial charge on any atom is 0.325 e. The monoisotopic (exact) mass is 382 g/mol. The average Bonchev–Trinajstić information content (AvgIpc) is 2.47. The van der Waals surface area contributed by atoms with Crippen LogP contribution in [0.15, 0.2) is 0 Å². The molecule has 0 amide bonds. The van der Waals surface area contributed by atoms with Gasteiger partial charge in [-0.2, -0.15) is 17.6 Å². The van der Waals surface area contributed by atoms with Crippen LogP contribution < -0.4 is 0 Å². The van der Waals surface area contributed by atoms with Gasteiger partial charge in [-0.3, -0.25) is 0 Å². The third kappa shape index (κ3) is 1.47. The first-order valence-corrected chi connectivity index (χ1v) is 9.27. The summed E-state index contributed by atoms with van der Waals surface area (Å²) in [7, 11) is 0. The Morgan fingerprint density at radius 1 is 0.636 bits per heavy atom. The van der Waals surface area contributed by atoms with Crippen molar-refractivity contribution < 1.29 is 17.6 Å². The molecule has 0 atom stereocenters. The van der Waals surface area contributed by atoms with Crippen molar-refractivity contribution in [3.8, 4) is 0 Å². The first kappa shape index (κ1) is 15.7. The average molecular weight is 383 g/mol. The number of rotatable bonds is 1. The summed E-state index contributed by atoms with van der Waals surface area (Å²) in [6.45, 7) is 2.23. The lowest BCUT2D eigenvalue weighted by molar-refractivity contribution is -0.361. The van der Waals surface area contributed by atoms with E-state index in [1.165, 1.54) is 0 Å². The number of hydrogen-bond donors (Lipinski definition) is 0. The lowest BCUT2D eigenvalue weighted by Gasteiger charge is -2.69. The van der Waals surface area contributed by atoms with Crippen LogP contribution >= 0.6 is 15.9 Å². The molecule has 0 aliphatic heterocycles. The summed E-state index contributed by atoms with van der Waals surface area (Å²) >= 11 is 3.01. The van der Waals surface area contributed by atoms with Crippen LogP contribution in [-0.2, 0) is 0 Å². The summed E-state index contributed by atoms with van der Waals surface area (Å²) in [5.41, 5.74) is -1.79. The zero-order valence-corrected chi connectivity index (χ0v) is 14.5. The Labute approximate surface area is 137 Å². The standard InChI is InChI=1S/C17H23BrF4/c1-12-2-5-13(6-3-12,7-4-12)14-8-10-15(18,11-9-14)17(21,22)16(14,19)20/h2-11H2,1H3. The Balaban J connectivity index is 1.81. The van der Waals surface area contributed by atoms with Gasteiger partial charge < -0.3 is 0 Å². The third-order valence-corrected chi connectivity index (χ3v) is 9.38. The summed E-state index contributed by atoms with van der Waals surface area (Å²) < 4.78 is 57.9. The molecule has 126 valence electrons. The quantitative estimate of drug-likeness (QED) is 0.367. The summed E-state index contributed by atoms with van der Waals surface area (Å²) in [5.74, 6) is -7.84.